The van der Waals surface area contributed by atoms with Crippen molar-refractivity contribution >= 4 is 17.6 Å². The number of methoxy groups -OCH3 is 1. The van der Waals surface area contributed by atoms with Gasteiger partial charge in [0.15, 0.2) is 6.10 Å². The van der Waals surface area contributed by atoms with Gasteiger partial charge in [0.2, 0.25) is 0 Å². The fraction of sp³-hybridized carbons (Fsp3) is 0.263. The van der Waals surface area contributed by atoms with Gasteiger partial charge in [0.25, 0.3) is 5.91 Å². The van der Waals surface area contributed by atoms with Crippen LogP contribution in [0, 0.1) is 0 Å². The van der Waals surface area contributed by atoms with Crippen molar-refractivity contribution in [3.8, 4) is 0 Å². The van der Waals surface area contributed by atoms with Gasteiger partial charge in [-0.05, 0) is 48.9 Å². The number of alkyl halides is 3. The summed E-state index contributed by atoms with van der Waals surface area (Å²) in [6.45, 7) is 1.78. The second-order valence-electron chi connectivity index (χ2n) is 5.74. The van der Waals surface area contributed by atoms with Crippen LogP contribution in [-0.2, 0) is 27.1 Å². The number of carbonyl (C=O) groups excluding carboxylic acids is 2. The molecule has 0 bridgehead atoms. The summed E-state index contributed by atoms with van der Waals surface area (Å²) in [5.41, 5.74) is 0.489. The number of carbonyl (C=O) groups is 2. The van der Waals surface area contributed by atoms with E-state index in [0.717, 1.165) is 29.8 Å². The van der Waals surface area contributed by atoms with Crippen molar-refractivity contribution in [1.29, 1.82) is 0 Å². The fourth-order valence-corrected chi connectivity index (χ4v) is 2.17. The molecule has 0 radical (unpaired) electrons. The third kappa shape index (κ3) is 5.82. The molecule has 2 rings (SSSR count). The summed E-state index contributed by atoms with van der Waals surface area (Å²) in [6.07, 6.45) is -5.58. The molecule has 1 atom stereocenters. The van der Waals surface area contributed by atoms with Crippen LogP contribution in [0.1, 0.15) is 28.4 Å². The Bertz CT molecular complexity index is 786. The zero-order chi connectivity index (χ0) is 20.0. The monoisotopic (exact) mass is 381 g/mol. The van der Waals surface area contributed by atoms with Gasteiger partial charge in [0.05, 0.1) is 17.7 Å². The number of esters is 1. The summed E-state index contributed by atoms with van der Waals surface area (Å²) < 4.78 is 47.7. The van der Waals surface area contributed by atoms with E-state index in [1.807, 2.05) is 0 Å². The summed E-state index contributed by atoms with van der Waals surface area (Å²) in [5.74, 6) is -1.34. The highest BCUT2D eigenvalue weighted by Gasteiger charge is 2.30. The van der Waals surface area contributed by atoms with Gasteiger partial charge in [0.1, 0.15) is 0 Å². The van der Waals surface area contributed by atoms with Crippen molar-refractivity contribution in [3.05, 3.63) is 65.2 Å². The lowest BCUT2D eigenvalue weighted by Gasteiger charge is -2.14. The van der Waals surface area contributed by atoms with Crippen LogP contribution in [-0.4, -0.2) is 25.1 Å². The van der Waals surface area contributed by atoms with E-state index in [1.165, 1.54) is 6.92 Å². The first-order valence-electron chi connectivity index (χ1n) is 7.97. The van der Waals surface area contributed by atoms with E-state index in [9.17, 15) is 22.8 Å². The highest BCUT2D eigenvalue weighted by molar-refractivity contribution is 5.97. The number of halogens is 3. The average molecular weight is 381 g/mol. The van der Waals surface area contributed by atoms with E-state index in [-0.39, 0.29) is 11.3 Å². The molecular weight excluding hydrogens is 363 g/mol. The standard InChI is InChI=1S/C19H18F3NO4/c1-12(27-18(25)14-5-3-13(4-6-14)11-26-2)17(24)23-16-9-7-15(8-10-16)19(20,21)22/h3-10,12H,11H2,1-2H3,(H,23,24). The van der Waals surface area contributed by atoms with Crippen molar-refractivity contribution in [2.24, 2.45) is 0 Å². The first-order chi connectivity index (χ1) is 12.7. The topological polar surface area (TPSA) is 64.6 Å². The fourth-order valence-electron chi connectivity index (χ4n) is 2.17. The molecule has 0 saturated carbocycles. The van der Waals surface area contributed by atoms with Crippen LogP contribution in [0.4, 0.5) is 18.9 Å². The van der Waals surface area contributed by atoms with Crippen molar-refractivity contribution in [3.63, 3.8) is 0 Å². The van der Waals surface area contributed by atoms with E-state index >= 15 is 0 Å². The number of ether oxygens (including phenoxy) is 2. The molecule has 0 aromatic heterocycles. The average Bonchev–Trinajstić information content (AvgIpc) is 2.62. The van der Waals surface area contributed by atoms with Crippen molar-refractivity contribution in [2.45, 2.75) is 25.8 Å². The first-order valence-corrected chi connectivity index (χ1v) is 7.97. The zero-order valence-corrected chi connectivity index (χ0v) is 14.7. The van der Waals surface area contributed by atoms with E-state index in [1.54, 1.807) is 31.4 Å². The van der Waals surface area contributed by atoms with Crippen LogP contribution < -0.4 is 5.32 Å². The molecule has 1 N–H and O–H groups in total. The minimum Gasteiger partial charge on any atom is -0.449 e. The van der Waals surface area contributed by atoms with Gasteiger partial charge in [-0.2, -0.15) is 13.2 Å². The van der Waals surface area contributed by atoms with E-state index in [4.69, 9.17) is 9.47 Å². The van der Waals surface area contributed by atoms with Gasteiger partial charge in [-0.15, -0.1) is 0 Å². The van der Waals surface area contributed by atoms with Crippen LogP contribution in [0.3, 0.4) is 0 Å². The van der Waals surface area contributed by atoms with Gasteiger partial charge in [0, 0.05) is 12.8 Å². The maximum Gasteiger partial charge on any atom is 0.416 e. The molecule has 0 fully saturated rings. The Balaban J connectivity index is 1.93. The Morgan fingerprint density at radius 1 is 1.04 bits per heavy atom. The van der Waals surface area contributed by atoms with Gasteiger partial charge < -0.3 is 14.8 Å². The number of amides is 1. The maximum atomic E-state index is 12.5. The minimum atomic E-state index is -4.45. The molecule has 0 heterocycles. The smallest absolute Gasteiger partial charge is 0.416 e. The Hall–Kier alpha value is -2.87. The number of hydrogen-bond acceptors (Lipinski definition) is 4. The maximum absolute atomic E-state index is 12.5. The third-order valence-electron chi connectivity index (χ3n) is 3.63. The van der Waals surface area contributed by atoms with E-state index in [2.05, 4.69) is 5.32 Å². The summed E-state index contributed by atoms with van der Waals surface area (Å²) in [6, 6.07) is 10.5. The molecule has 0 spiro atoms. The molecular formula is C19H18F3NO4. The molecule has 0 aliphatic rings. The molecule has 0 aliphatic carbocycles. The van der Waals surface area contributed by atoms with Crippen molar-refractivity contribution in [1.82, 2.24) is 0 Å². The lowest BCUT2D eigenvalue weighted by atomic mass is 10.1. The Morgan fingerprint density at radius 3 is 2.15 bits per heavy atom. The molecule has 27 heavy (non-hydrogen) atoms. The zero-order valence-electron chi connectivity index (χ0n) is 14.7. The molecule has 8 heteroatoms. The quantitative estimate of drug-likeness (QED) is 0.768. The largest absolute Gasteiger partial charge is 0.449 e. The Morgan fingerprint density at radius 2 is 1.63 bits per heavy atom. The van der Waals surface area contributed by atoms with E-state index < -0.39 is 29.7 Å². The normalized spacial score (nSPS) is 12.3. The molecule has 5 nitrogen and oxygen atoms in total. The lowest BCUT2D eigenvalue weighted by molar-refractivity contribution is -0.137. The van der Waals surface area contributed by atoms with Crippen LogP contribution in [0.2, 0.25) is 0 Å². The first kappa shape index (κ1) is 20.4. The summed E-state index contributed by atoms with van der Waals surface area (Å²) in [5, 5.41) is 2.40. The van der Waals surface area contributed by atoms with Crippen molar-refractivity contribution < 1.29 is 32.2 Å². The van der Waals surface area contributed by atoms with Crippen LogP contribution >= 0.6 is 0 Å². The van der Waals surface area contributed by atoms with Crippen molar-refractivity contribution in [2.75, 3.05) is 12.4 Å². The molecule has 2 aromatic rings. The second kappa shape index (κ2) is 8.68. The lowest BCUT2D eigenvalue weighted by Crippen LogP contribution is -2.30. The number of rotatable bonds is 6. The predicted octanol–water partition coefficient (Wildman–Crippen LogP) is 4.04. The number of nitrogens with one attached hydrogen (secondary N) is 1. The van der Waals surface area contributed by atoms with Gasteiger partial charge in [-0.25, -0.2) is 4.79 Å². The summed E-state index contributed by atoms with van der Waals surface area (Å²) in [4.78, 5) is 24.2. The molecule has 144 valence electrons. The van der Waals surface area contributed by atoms with Gasteiger partial charge >= 0.3 is 12.1 Å². The van der Waals surface area contributed by atoms with Crippen LogP contribution in [0.15, 0.2) is 48.5 Å². The van der Waals surface area contributed by atoms with Gasteiger partial charge in [-0.3, -0.25) is 4.79 Å². The Kier molecular flexibility index (Phi) is 6.57. The highest BCUT2D eigenvalue weighted by atomic mass is 19.4. The Labute approximate surface area is 154 Å². The number of benzene rings is 2. The minimum absolute atomic E-state index is 0.166. The highest BCUT2D eigenvalue weighted by Crippen LogP contribution is 2.29. The predicted molar refractivity (Wildman–Crippen MR) is 92.1 cm³/mol. The number of hydrogen-bond donors (Lipinski definition) is 1. The molecule has 1 unspecified atom stereocenters. The summed E-state index contributed by atoms with van der Waals surface area (Å²) >= 11 is 0. The second-order valence-corrected chi connectivity index (χ2v) is 5.74. The van der Waals surface area contributed by atoms with Crippen LogP contribution in [0.5, 0.6) is 0 Å². The number of anilines is 1. The molecule has 1 amide bonds. The van der Waals surface area contributed by atoms with Crippen LogP contribution in [0.25, 0.3) is 0 Å². The van der Waals surface area contributed by atoms with E-state index in [0.29, 0.717) is 6.61 Å². The van der Waals surface area contributed by atoms with Gasteiger partial charge in [-0.1, -0.05) is 12.1 Å². The third-order valence-corrected chi connectivity index (χ3v) is 3.63. The summed E-state index contributed by atoms with van der Waals surface area (Å²) in [7, 11) is 1.55. The SMILES string of the molecule is COCc1ccc(C(=O)OC(C)C(=O)Nc2ccc(C(F)(F)F)cc2)cc1. The molecule has 0 saturated heterocycles. The molecule has 0 aliphatic heterocycles. The molecule has 2 aromatic carbocycles.